The van der Waals surface area contributed by atoms with Crippen LogP contribution in [0.4, 0.5) is 0 Å². The molecule has 1 fully saturated rings. The summed E-state index contributed by atoms with van der Waals surface area (Å²) in [5.41, 5.74) is 5.20. The lowest BCUT2D eigenvalue weighted by Gasteiger charge is -2.07. The zero-order valence-electron chi connectivity index (χ0n) is 11.9. The highest BCUT2D eigenvalue weighted by atomic mass is 32.2. The van der Waals surface area contributed by atoms with E-state index in [2.05, 4.69) is 0 Å². The Balaban J connectivity index is 0. The van der Waals surface area contributed by atoms with Crippen molar-refractivity contribution in [3.63, 3.8) is 0 Å². The van der Waals surface area contributed by atoms with Gasteiger partial charge in [0.25, 0.3) is 0 Å². The highest BCUT2D eigenvalue weighted by molar-refractivity contribution is 8.01. The minimum absolute atomic E-state index is 0. The average Bonchev–Trinajstić information content (AvgIpc) is 3.19. The van der Waals surface area contributed by atoms with Gasteiger partial charge in [0, 0.05) is 7.18 Å². The molecule has 0 radical (unpaired) electrons. The molecule has 22 heavy (non-hydrogen) atoms. The lowest BCUT2D eigenvalue weighted by molar-refractivity contribution is 0.512. The Morgan fingerprint density at radius 3 is 2.50 bits per heavy atom. The van der Waals surface area contributed by atoms with E-state index in [1.807, 2.05) is 17.5 Å². The Hall–Kier alpha value is -0.840. The van der Waals surface area contributed by atoms with Crippen LogP contribution in [0.1, 0.15) is 13.6 Å². The number of furan rings is 1. The summed E-state index contributed by atoms with van der Waals surface area (Å²) < 4.78 is 29.2. The van der Waals surface area contributed by atoms with Gasteiger partial charge in [0.15, 0.2) is 9.84 Å². The lowest BCUT2D eigenvalue weighted by atomic mass is 10.4. The van der Waals surface area contributed by atoms with Crippen LogP contribution in [0.3, 0.4) is 0 Å². The summed E-state index contributed by atoms with van der Waals surface area (Å²) in [5, 5.41) is 1.67. The van der Waals surface area contributed by atoms with Crippen molar-refractivity contribution >= 4 is 32.9 Å². The number of hydrogen-bond donors (Lipinski definition) is 1. The predicted molar refractivity (Wildman–Crippen MR) is 93.2 cm³/mol. The fourth-order valence-corrected chi connectivity index (χ4v) is 6.56. The molecule has 6 N–H and O–H groups in total. The molecular weight excluding hydrogens is 346 g/mol. The second-order valence-electron chi connectivity index (χ2n) is 4.25. The van der Waals surface area contributed by atoms with Gasteiger partial charge in [0.05, 0.1) is 18.1 Å². The molecule has 6 nitrogen and oxygen atoms in total. The smallest absolute Gasteiger partial charge is 0.191 e. The first-order chi connectivity index (χ1) is 9.64. The van der Waals surface area contributed by atoms with Crippen molar-refractivity contribution in [2.45, 2.75) is 22.4 Å². The molecule has 3 rings (SSSR count). The molecule has 2 aromatic rings. The molecule has 0 unspecified atom stereocenters. The molecule has 0 bridgehead atoms. The fourth-order valence-electron chi connectivity index (χ4n) is 1.78. The summed E-state index contributed by atoms with van der Waals surface area (Å²) >= 11 is 3.05. The van der Waals surface area contributed by atoms with Gasteiger partial charge in [-0.05, 0) is 35.8 Å². The summed E-state index contributed by atoms with van der Waals surface area (Å²) in [6.45, 7) is 0.493. The normalized spacial score (nSPS) is 16.9. The maximum atomic E-state index is 11.9. The van der Waals surface area contributed by atoms with Crippen molar-refractivity contribution in [2.24, 2.45) is 5.73 Å². The third-order valence-electron chi connectivity index (χ3n) is 2.88. The molecule has 1 aliphatic rings. The second kappa shape index (κ2) is 10.0. The topological polar surface area (TPSA) is 136 Å². The first-order valence-corrected chi connectivity index (χ1v) is 9.80. The standard InChI is InChI=1S/C8H10O2S3.C5H7NO.2H2O.H2/c9-13(10,7-3-5-11-6-7)8-2-1-4-12-8;6-4-5-2-1-3-7-5;;;/h1-2,4,7H,3,5-6H2;1-3H,4,6H2;2*1H2;1H/t7-;;;;/m1..../s1. The highest BCUT2D eigenvalue weighted by Crippen LogP contribution is 2.30. The number of nitrogens with two attached hydrogens (primary N) is 1. The van der Waals surface area contributed by atoms with Crippen LogP contribution in [0.5, 0.6) is 0 Å². The molecule has 0 aromatic carbocycles. The maximum Gasteiger partial charge on any atom is 0.191 e. The summed E-state index contributed by atoms with van der Waals surface area (Å²) in [4.78, 5) is 0. The average molecular weight is 370 g/mol. The van der Waals surface area contributed by atoms with Crippen LogP contribution < -0.4 is 5.73 Å². The summed E-state index contributed by atoms with van der Waals surface area (Å²) in [6.07, 6.45) is 2.42. The molecule has 1 atom stereocenters. The van der Waals surface area contributed by atoms with Crippen LogP contribution >= 0.6 is 23.1 Å². The van der Waals surface area contributed by atoms with Crippen LogP contribution in [0, 0.1) is 0 Å². The molecule has 9 heteroatoms. The van der Waals surface area contributed by atoms with E-state index in [4.69, 9.17) is 10.2 Å². The van der Waals surface area contributed by atoms with Crippen molar-refractivity contribution in [3.05, 3.63) is 41.7 Å². The van der Waals surface area contributed by atoms with Crippen molar-refractivity contribution in [2.75, 3.05) is 11.5 Å². The zero-order valence-corrected chi connectivity index (χ0v) is 14.3. The molecule has 1 aliphatic heterocycles. The Kier molecular flexibility index (Phi) is 9.65. The number of thiophene rings is 1. The molecule has 0 saturated carbocycles. The first-order valence-electron chi connectivity index (χ1n) is 6.22. The number of sulfone groups is 1. The summed E-state index contributed by atoms with van der Waals surface area (Å²) in [5.74, 6) is 2.58. The van der Waals surface area contributed by atoms with Gasteiger partial charge in [-0.25, -0.2) is 8.42 Å². The van der Waals surface area contributed by atoms with Gasteiger partial charge in [0.1, 0.15) is 9.97 Å². The van der Waals surface area contributed by atoms with Gasteiger partial charge in [-0.15, -0.1) is 11.3 Å². The van der Waals surface area contributed by atoms with E-state index in [-0.39, 0.29) is 17.6 Å². The zero-order chi connectivity index (χ0) is 14.4. The van der Waals surface area contributed by atoms with Crippen LogP contribution in [0.15, 0.2) is 44.5 Å². The van der Waals surface area contributed by atoms with E-state index in [0.717, 1.165) is 23.7 Å². The van der Waals surface area contributed by atoms with E-state index < -0.39 is 9.84 Å². The van der Waals surface area contributed by atoms with Gasteiger partial charge in [-0.1, -0.05) is 6.07 Å². The number of hydrogen-bond acceptors (Lipinski definition) is 6. The van der Waals surface area contributed by atoms with Crippen molar-refractivity contribution < 1.29 is 25.2 Å². The van der Waals surface area contributed by atoms with Crippen LogP contribution in [0.25, 0.3) is 0 Å². The monoisotopic (exact) mass is 369 g/mol. The SMILES string of the molecule is NCc1ccco1.O.O.O=S(=O)(c1cccs1)[C@@H]1CCSC1.[HH]. The second-order valence-corrected chi connectivity index (χ2v) is 8.80. The minimum atomic E-state index is -3.00. The highest BCUT2D eigenvalue weighted by Gasteiger charge is 2.31. The van der Waals surface area contributed by atoms with Gasteiger partial charge < -0.3 is 21.1 Å². The number of thioether (sulfide) groups is 1. The molecule has 3 heterocycles. The van der Waals surface area contributed by atoms with Crippen LogP contribution in [0.2, 0.25) is 0 Å². The maximum absolute atomic E-state index is 11.9. The largest absolute Gasteiger partial charge is 0.468 e. The molecule has 128 valence electrons. The van der Waals surface area contributed by atoms with Crippen LogP contribution in [-0.4, -0.2) is 36.1 Å². The van der Waals surface area contributed by atoms with Crippen molar-refractivity contribution in [3.8, 4) is 0 Å². The molecule has 1 saturated heterocycles. The third kappa shape index (κ3) is 5.41. The van der Waals surface area contributed by atoms with Gasteiger partial charge >= 0.3 is 0 Å². The Morgan fingerprint density at radius 2 is 2.09 bits per heavy atom. The predicted octanol–water partition coefficient (Wildman–Crippen LogP) is 1.36. The molecule has 0 spiro atoms. The summed E-state index contributed by atoms with van der Waals surface area (Å²) in [7, 11) is -3.00. The fraction of sp³-hybridized carbons (Fsp3) is 0.385. The summed E-state index contributed by atoms with van der Waals surface area (Å²) in [6, 6.07) is 7.16. The Bertz CT molecular complexity index is 596. The molecular formula is C13H23NO5S3. The van der Waals surface area contributed by atoms with E-state index in [9.17, 15) is 8.42 Å². The Morgan fingerprint density at radius 1 is 1.32 bits per heavy atom. The van der Waals surface area contributed by atoms with E-state index >= 15 is 0 Å². The first kappa shape index (κ1) is 21.2. The van der Waals surface area contributed by atoms with E-state index in [0.29, 0.717) is 10.8 Å². The minimum Gasteiger partial charge on any atom is -0.468 e. The van der Waals surface area contributed by atoms with Crippen LogP contribution in [-0.2, 0) is 16.4 Å². The van der Waals surface area contributed by atoms with Gasteiger partial charge in [-0.3, -0.25) is 0 Å². The van der Waals surface area contributed by atoms with Crippen molar-refractivity contribution in [1.29, 1.82) is 0 Å². The molecule has 2 aromatic heterocycles. The number of rotatable bonds is 3. The van der Waals surface area contributed by atoms with E-state index in [1.54, 1.807) is 30.2 Å². The Labute approximate surface area is 139 Å². The lowest BCUT2D eigenvalue weighted by Crippen LogP contribution is -2.19. The third-order valence-corrected chi connectivity index (χ3v) is 7.88. The molecule has 0 amide bonds. The molecule has 0 aliphatic carbocycles. The van der Waals surface area contributed by atoms with Gasteiger partial charge in [-0.2, -0.15) is 11.8 Å². The van der Waals surface area contributed by atoms with E-state index in [1.165, 1.54) is 11.3 Å². The van der Waals surface area contributed by atoms with Crippen molar-refractivity contribution in [1.82, 2.24) is 0 Å². The van der Waals surface area contributed by atoms with Gasteiger partial charge in [0.2, 0.25) is 0 Å². The quantitative estimate of drug-likeness (QED) is 0.871.